The van der Waals surface area contributed by atoms with E-state index in [2.05, 4.69) is 9.97 Å². The molecule has 94 valence electrons. The third-order valence-corrected chi connectivity index (χ3v) is 3.83. The monoisotopic (exact) mass is 255 g/mol. The summed E-state index contributed by atoms with van der Waals surface area (Å²) in [6.45, 7) is 0.510. The Morgan fingerprint density at radius 3 is 2.65 bits per heavy atom. The van der Waals surface area contributed by atoms with Crippen LogP contribution in [-0.4, -0.2) is 20.8 Å². The number of thioether (sulfide) groups is 1. The van der Waals surface area contributed by atoms with Crippen LogP contribution in [0.4, 0.5) is 0 Å². The minimum Gasteiger partial charge on any atom is -0.286 e. The molecule has 1 aliphatic carbocycles. The first-order valence-electron chi connectivity index (χ1n) is 5.96. The minimum absolute atomic E-state index is 0.333. The van der Waals surface area contributed by atoms with Crippen LogP contribution < -0.4 is 11.4 Å². The number of hydrogen-bond acceptors (Lipinski definition) is 4. The third kappa shape index (κ3) is 3.00. The summed E-state index contributed by atoms with van der Waals surface area (Å²) in [5.41, 5.74) is -0.761. The molecule has 0 radical (unpaired) electrons. The highest BCUT2D eigenvalue weighted by molar-refractivity contribution is 7.98. The van der Waals surface area contributed by atoms with Crippen LogP contribution in [-0.2, 0) is 6.54 Å². The van der Waals surface area contributed by atoms with Crippen molar-refractivity contribution >= 4 is 11.8 Å². The molecule has 6 heteroatoms. The maximum atomic E-state index is 11.7. The average molecular weight is 255 g/mol. The smallest absolute Gasteiger partial charge is 0.286 e. The van der Waals surface area contributed by atoms with E-state index in [0.717, 1.165) is 12.8 Å². The van der Waals surface area contributed by atoms with Crippen LogP contribution in [0, 0.1) is 5.92 Å². The van der Waals surface area contributed by atoms with Gasteiger partial charge in [0.1, 0.15) is 0 Å². The molecule has 1 saturated carbocycles. The van der Waals surface area contributed by atoms with Gasteiger partial charge in [-0.1, -0.05) is 31.0 Å². The summed E-state index contributed by atoms with van der Waals surface area (Å²) in [6, 6.07) is 0. The van der Waals surface area contributed by atoms with Crippen molar-refractivity contribution in [3.05, 3.63) is 21.0 Å². The number of nitrogens with zero attached hydrogens (tertiary/aromatic N) is 2. The number of aromatic amines is 1. The molecular weight excluding hydrogens is 238 g/mol. The van der Waals surface area contributed by atoms with Crippen LogP contribution in [0.1, 0.15) is 32.1 Å². The lowest BCUT2D eigenvalue weighted by Gasteiger charge is -2.21. The summed E-state index contributed by atoms with van der Waals surface area (Å²) in [4.78, 5) is 29.9. The third-order valence-electron chi connectivity index (χ3n) is 3.25. The highest BCUT2D eigenvalue weighted by atomic mass is 32.2. The van der Waals surface area contributed by atoms with Crippen molar-refractivity contribution in [3.8, 4) is 0 Å². The van der Waals surface area contributed by atoms with Crippen molar-refractivity contribution in [2.45, 2.75) is 43.8 Å². The zero-order chi connectivity index (χ0) is 12.3. The normalized spacial score (nSPS) is 17.2. The van der Waals surface area contributed by atoms with E-state index in [1.165, 1.54) is 35.6 Å². The van der Waals surface area contributed by atoms with E-state index in [1.807, 2.05) is 0 Å². The standard InChI is InChI=1S/C11H17N3O2S/c1-17-9-12-10(15)14(11(16)13-9)7-8-5-3-2-4-6-8/h8H,2-7H2,1H3,(H,12,13,15,16). The summed E-state index contributed by atoms with van der Waals surface area (Å²) in [7, 11) is 0. The Labute approximate surface area is 104 Å². The number of H-pyrrole nitrogens is 1. The fraction of sp³-hybridized carbons (Fsp3) is 0.727. The zero-order valence-corrected chi connectivity index (χ0v) is 10.8. The van der Waals surface area contributed by atoms with Crippen molar-refractivity contribution in [2.24, 2.45) is 5.92 Å². The highest BCUT2D eigenvalue weighted by Crippen LogP contribution is 2.24. The highest BCUT2D eigenvalue weighted by Gasteiger charge is 2.16. The molecule has 5 nitrogen and oxygen atoms in total. The summed E-state index contributed by atoms with van der Waals surface area (Å²) in [5, 5.41) is 0.389. The first-order chi connectivity index (χ1) is 8.20. The van der Waals surface area contributed by atoms with Gasteiger partial charge in [-0.3, -0.25) is 4.98 Å². The second kappa shape index (κ2) is 5.53. The van der Waals surface area contributed by atoms with Gasteiger partial charge in [0, 0.05) is 6.54 Å². The van der Waals surface area contributed by atoms with E-state index in [4.69, 9.17) is 0 Å². The van der Waals surface area contributed by atoms with Gasteiger partial charge < -0.3 is 0 Å². The van der Waals surface area contributed by atoms with Gasteiger partial charge >= 0.3 is 11.4 Å². The summed E-state index contributed by atoms with van der Waals surface area (Å²) >= 11 is 1.27. The Bertz CT molecular complexity index is 457. The molecule has 0 spiro atoms. The molecule has 0 aromatic carbocycles. The predicted molar refractivity (Wildman–Crippen MR) is 67.5 cm³/mol. The van der Waals surface area contributed by atoms with Gasteiger partial charge in [-0.15, -0.1) is 0 Å². The Kier molecular flexibility index (Phi) is 4.04. The van der Waals surface area contributed by atoms with E-state index in [1.54, 1.807) is 6.26 Å². The average Bonchev–Trinajstić information content (AvgIpc) is 2.35. The first kappa shape index (κ1) is 12.4. The lowest BCUT2D eigenvalue weighted by atomic mass is 9.89. The summed E-state index contributed by atoms with van der Waals surface area (Å²) < 4.78 is 1.23. The molecule has 0 bridgehead atoms. The van der Waals surface area contributed by atoms with E-state index < -0.39 is 5.69 Å². The Morgan fingerprint density at radius 1 is 1.35 bits per heavy atom. The summed E-state index contributed by atoms with van der Waals surface area (Å²) in [6.07, 6.45) is 7.67. The number of aromatic nitrogens is 3. The van der Waals surface area contributed by atoms with Crippen LogP contribution in [0.15, 0.2) is 14.7 Å². The van der Waals surface area contributed by atoms with Gasteiger partial charge in [-0.05, 0) is 25.0 Å². The van der Waals surface area contributed by atoms with Crippen LogP contribution >= 0.6 is 11.8 Å². The van der Waals surface area contributed by atoms with E-state index in [9.17, 15) is 9.59 Å². The molecule has 2 rings (SSSR count). The molecule has 1 fully saturated rings. The fourth-order valence-electron chi connectivity index (χ4n) is 2.31. The molecule has 1 N–H and O–H groups in total. The molecule has 0 atom stereocenters. The van der Waals surface area contributed by atoms with E-state index in [0.29, 0.717) is 17.6 Å². The van der Waals surface area contributed by atoms with Crippen LogP contribution in [0.5, 0.6) is 0 Å². The summed E-state index contributed by atoms with van der Waals surface area (Å²) in [5.74, 6) is 0.449. The molecule has 1 aromatic heterocycles. The molecular formula is C11H17N3O2S. The number of rotatable bonds is 3. The lowest BCUT2D eigenvalue weighted by molar-refractivity contribution is 0.308. The second-order valence-electron chi connectivity index (χ2n) is 4.45. The minimum atomic E-state index is -0.427. The SMILES string of the molecule is CSc1nc(=O)n(CC2CCCCC2)c(=O)[nH]1. The molecule has 1 heterocycles. The quantitative estimate of drug-likeness (QED) is 0.825. The van der Waals surface area contributed by atoms with Gasteiger partial charge in [0.05, 0.1) is 0 Å². The predicted octanol–water partition coefficient (Wildman–Crippen LogP) is 1.23. The molecule has 1 aliphatic rings. The molecule has 0 saturated heterocycles. The fourth-order valence-corrected chi connectivity index (χ4v) is 2.67. The zero-order valence-electron chi connectivity index (χ0n) is 9.94. The van der Waals surface area contributed by atoms with Gasteiger partial charge in [0.15, 0.2) is 5.16 Å². The maximum Gasteiger partial charge on any atom is 0.354 e. The van der Waals surface area contributed by atoms with Crippen LogP contribution in [0.25, 0.3) is 0 Å². The molecule has 1 aromatic rings. The second-order valence-corrected chi connectivity index (χ2v) is 5.24. The van der Waals surface area contributed by atoms with E-state index >= 15 is 0 Å². The topological polar surface area (TPSA) is 67.8 Å². The van der Waals surface area contributed by atoms with Gasteiger partial charge in [-0.2, -0.15) is 4.98 Å². The van der Waals surface area contributed by atoms with Gasteiger partial charge in [0.2, 0.25) is 0 Å². The maximum absolute atomic E-state index is 11.7. The number of nitrogens with one attached hydrogen (secondary N) is 1. The lowest BCUT2D eigenvalue weighted by Crippen LogP contribution is -2.39. The number of hydrogen-bond donors (Lipinski definition) is 1. The largest absolute Gasteiger partial charge is 0.354 e. The van der Waals surface area contributed by atoms with Crippen molar-refractivity contribution in [3.63, 3.8) is 0 Å². The molecule has 0 unspecified atom stereocenters. The van der Waals surface area contributed by atoms with E-state index in [-0.39, 0.29) is 5.69 Å². The van der Waals surface area contributed by atoms with Crippen molar-refractivity contribution in [1.29, 1.82) is 0 Å². The molecule has 0 amide bonds. The van der Waals surface area contributed by atoms with Crippen molar-refractivity contribution in [1.82, 2.24) is 14.5 Å². The first-order valence-corrected chi connectivity index (χ1v) is 7.18. The van der Waals surface area contributed by atoms with Gasteiger partial charge in [0.25, 0.3) is 0 Å². The molecule has 17 heavy (non-hydrogen) atoms. The van der Waals surface area contributed by atoms with Crippen molar-refractivity contribution < 1.29 is 0 Å². The van der Waals surface area contributed by atoms with Crippen molar-refractivity contribution in [2.75, 3.05) is 6.26 Å². The molecule has 0 aliphatic heterocycles. The Hall–Kier alpha value is -1.04. The Morgan fingerprint density at radius 2 is 2.06 bits per heavy atom. The van der Waals surface area contributed by atoms with Crippen LogP contribution in [0.2, 0.25) is 0 Å². The van der Waals surface area contributed by atoms with Crippen LogP contribution in [0.3, 0.4) is 0 Å². The van der Waals surface area contributed by atoms with Gasteiger partial charge in [-0.25, -0.2) is 14.2 Å². The Balaban J connectivity index is 2.20.